The summed E-state index contributed by atoms with van der Waals surface area (Å²) in [5, 5.41) is 9.06. The maximum absolute atomic E-state index is 11.9. The lowest BCUT2D eigenvalue weighted by Gasteiger charge is -2.48. The third-order valence-corrected chi connectivity index (χ3v) is 4.19. The Morgan fingerprint density at radius 3 is 2.53 bits per heavy atom. The Morgan fingerprint density at radius 2 is 2.00 bits per heavy atom. The average Bonchev–Trinajstić information content (AvgIpc) is 2.52. The van der Waals surface area contributed by atoms with Crippen molar-refractivity contribution in [2.75, 3.05) is 19.7 Å². The second-order valence-electron chi connectivity index (χ2n) is 7.35. The van der Waals surface area contributed by atoms with Gasteiger partial charge in [0, 0.05) is 30.7 Å². The number of aliphatic hydroxyl groups excluding tert-OH is 1. The molecule has 19 heavy (non-hydrogen) atoms. The van der Waals surface area contributed by atoms with Crippen LogP contribution in [0.15, 0.2) is 0 Å². The number of carbonyl (C=O) groups excluding carboxylic acids is 1. The van der Waals surface area contributed by atoms with Gasteiger partial charge in [0.2, 0.25) is 0 Å². The van der Waals surface area contributed by atoms with Crippen LogP contribution in [-0.2, 0) is 4.74 Å². The average molecular weight is 270 g/mol. The Labute approximate surface area is 115 Å². The minimum atomic E-state index is -0.440. The number of ether oxygens (including phenoxy) is 1. The molecule has 5 nitrogen and oxygen atoms in total. The summed E-state index contributed by atoms with van der Waals surface area (Å²) >= 11 is 0. The van der Waals surface area contributed by atoms with Gasteiger partial charge in [0.1, 0.15) is 5.60 Å². The largest absolute Gasteiger partial charge is 0.444 e. The van der Waals surface area contributed by atoms with E-state index in [0.717, 1.165) is 32.4 Å². The third kappa shape index (κ3) is 3.20. The topological polar surface area (TPSA) is 75.8 Å². The van der Waals surface area contributed by atoms with Crippen LogP contribution in [-0.4, -0.2) is 46.9 Å². The fourth-order valence-corrected chi connectivity index (χ4v) is 3.36. The van der Waals surface area contributed by atoms with Gasteiger partial charge in [-0.1, -0.05) is 0 Å². The van der Waals surface area contributed by atoms with Crippen molar-refractivity contribution in [2.24, 2.45) is 11.1 Å². The zero-order valence-electron chi connectivity index (χ0n) is 12.2. The normalized spacial score (nSPS) is 29.4. The molecule has 1 saturated heterocycles. The smallest absolute Gasteiger partial charge is 0.410 e. The maximum Gasteiger partial charge on any atom is 0.410 e. The standard InChI is InChI=1S/C14H26N2O3/c1-12(2,3)19-11(18)16-9-13(10-16)4-5-14(15,8-13)6-7-17/h17H,4-10,15H2,1-3H3. The van der Waals surface area contributed by atoms with Crippen LogP contribution < -0.4 is 5.73 Å². The summed E-state index contributed by atoms with van der Waals surface area (Å²) in [5.74, 6) is 0. The van der Waals surface area contributed by atoms with Crippen molar-refractivity contribution in [3.8, 4) is 0 Å². The molecule has 110 valence electrons. The van der Waals surface area contributed by atoms with Gasteiger partial charge in [-0.05, 0) is 46.5 Å². The Balaban J connectivity index is 1.85. The number of rotatable bonds is 2. The van der Waals surface area contributed by atoms with Crippen LogP contribution >= 0.6 is 0 Å². The highest BCUT2D eigenvalue weighted by Crippen LogP contribution is 2.50. The molecule has 2 rings (SSSR count). The fraction of sp³-hybridized carbons (Fsp3) is 0.929. The number of aliphatic hydroxyl groups is 1. The summed E-state index contributed by atoms with van der Waals surface area (Å²) < 4.78 is 5.36. The van der Waals surface area contributed by atoms with Gasteiger partial charge in [-0.25, -0.2) is 4.79 Å². The summed E-state index contributed by atoms with van der Waals surface area (Å²) in [6, 6.07) is 0. The van der Waals surface area contributed by atoms with E-state index in [9.17, 15) is 4.79 Å². The first-order valence-corrected chi connectivity index (χ1v) is 7.05. The van der Waals surface area contributed by atoms with Crippen LogP contribution in [0.25, 0.3) is 0 Å². The van der Waals surface area contributed by atoms with E-state index in [0.29, 0.717) is 6.42 Å². The molecule has 1 aliphatic heterocycles. The van der Waals surface area contributed by atoms with Crippen molar-refractivity contribution >= 4 is 6.09 Å². The second-order valence-corrected chi connectivity index (χ2v) is 7.35. The molecule has 1 amide bonds. The van der Waals surface area contributed by atoms with E-state index in [4.69, 9.17) is 15.6 Å². The highest BCUT2D eigenvalue weighted by Gasteiger charge is 2.54. The lowest BCUT2D eigenvalue weighted by molar-refractivity contribution is -0.0342. The number of nitrogens with two attached hydrogens (primary N) is 1. The Kier molecular flexibility index (Phi) is 3.56. The molecule has 1 heterocycles. The van der Waals surface area contributed by atoms with Gasteiger partial charge in [0.15, 0.2) is 0 Å². The quantitative estimate of drug-likeness (QED) is 0.797. The zero-order valence-corrected chi connectivity index (χ0v) is 12.2. The minimum absolute atomic E-state index is 0.141. The van der Waals surface area contributed by atoms with Gasteiger partial charge >= 0.3 is 6.09 Å². The van der Waals surface area contributed by atoms with E-state index in [2.05, 4.69) is 0 Å². The SMILES string of the molecule is CC(C)(C)OC(=O)N1CC2(CCC(N)(CCO)C2)C1. The molecule has 0 aromatic heterocycles. The van der Waals surface area contributed by atoms with Gasteiger partial charge in [0.25, 0.3) is 0 Å². The van der Waals surface area contributed by atoms with Crippen LogP contribution in [0.2, 0.25) is 0 Å². The first-order valence-electron chi connectivity index (χ1n) is 7.05. The molecule has 1 aliphatic carbocycles. The first-order chi connectivity index (χ1) is 8.67. The van der Waals surface area contributed by atoms with Gasteiger partial charge in [-0.3, -0.25) is 0 Å². The molecule has 0 aromatic rings. The number of likely N-dealkylation sites (tertiary alicyclic amines) is 1. The third-order valence-electron chi connectivity index (χ3n) is 4.19. The van der Waals surface area contributed by atoms with Crippen LogP contribution in [0.3, 0.4) is 0 Å². The monoisotopic (exact) mass is 270 g/mol. The van der Waals surface area contributed by atoms with Crippen molar-refractivity contribution in [3.63, 3.8) is 0 Å². The van der Waals surface area contributed by atoms with E-state index in [1.165, 1.54) is 0 Å². The second kappa shape index (κ2) is 4.63. The lowest BCUT2D eigenvalue weighted by atomic mass is 9.76. The highest BCUT2D eigenvalue weighted by molar-refractivity contribution is 5.69. The summed E-state index contributed by atoms with van der Waals surface area (Å²) in [5.41, 5.74) is 5.77. The predicted octanol–water partition coefficient (Wildman–Crippen LogP) is 1.49. The van der Waals surface area contributed by atoms with Crippen LogP contribution in [0.5, 0.6) is 0 Å². The molecule has 0 radical (unpaired) electrons. The van der Waals surface area contributed by atoms with E-state index in [-0.39, 0.29) is 23.7 Å². The maximum atomic E-state index is 11.9. The Hall–Kier alpha value is -0.810. The molecule has 1 unspecified atom stereocenters. The molecule has 0 aromatic carbocycles. The number of hydrogen-bond donors (Lipinski definition) is 2. The summed E-state index contributed by atoms with van der Waals surface area (Å²) in [6.45, 7) is 7.26. The van der Waals surface area contributed by atoms with Crippen molar-refractivity contribution in [1.29, 1.82) is 0 Å². The highest BCUT2D eigenvalue weighted by atomic mass is 16.6. The predicted molar refractivity (Wildman–Crippen MR) is 72.7 cm³/mol. The molecule has 1 saturated carbocycles. The molecular weight excluding hydrogens is 244 g/mol. The molecule has 1 atom stereocenters. The van der Waals surface area contributed by atoms with Gasteiger partial charge in [-0.2, -0.15) is 0 Å². The Morgan fingerprint density at radius 1 is 1.37 bits per heavy atom. The number of hydrogen-bond acceptors (Lipinski definition) is 4. The summed E-state index contributed by atoms with van der Waals surface area (Å²) in [7, 11) is 0. The van der Waals surface area contributed by atoms with Crippen molar-refractivity contribution in [1.82, 2.24) is 4.90 Å². The molecule has 5 heteroatoms. The minimum Gasteiger partial charge on any atom is -0.444 e. The van der Waals surface area contributed by atoms with Gasteiger partial charge in [0.05, 0.1) is 0 Å². The van der Waals surface area contributed by atoms with E-state index >= 15 is 0 Å². The van der Waals surface area contributed by atoms with E-state index in [1.807, 2.05) is 20.8 Å². The van der Waals surface area contributed by atoms with E-state index < -0.39 is 5.60 Å². The molecule has 3 N–H and O–H groups in total. The number of nitrogens with zero attached hydrogens (tertiary/aromatic N) is 1. The summed E-state index contributed by atoms with van der Waals surface area (Å²) in [6.07, 6.45) is 3.31. The van der Waals surface area contributed by atoms with Crippen LogP contribution in [0.1, 0.15) is 46.5 Å². The van der Waals surface area contributed by atoms with E-state index in [1.54, 1.807) is 4.90 Å². The summed E-state index contributed by atoms with van der Waals surface area (Å²) in [4.78, 5) is 13.7. The van der Waals surface area contributed by atoms with Crippen molar-refractivity contribution in [3.05, 3.63) is 0 Å². The first kappa shape index (κ1) is 14.6. The van der Waals surface area contributed by atoms with Crippen LogP contribution in [0, 0.1) is 5.41 Å². The molecular formula is C14H26N2O3. The van der Waals surface area contributed by atoms with Gasteiger partial charge in [-0.15, -0.1) is 0 Å². The number of amides is 1. The molecule has 1 spiro atoms. The Bertz CT molecular complexity index is 358. The van der Waals surface area contributed by atoms with Gasteiger partial charge < -0.3 is 20.5 Å². The molecule has 2 aliphatic rings. The zero-order chi connectivity index (χ0) is 14.3. The molecule has 2 fully saturated rings. The van der Waals surface area contributed by atoms with Crippen molar-refractivity contribution in [2.45, 2.75) is 57.6 Å². The fourth-order valence-electron chi connectivity index (χ4n) is 3.36. The van der Waals surface area contributed by atoms with Crippen LogP contribution in [0.4, 0.5) is 4.79 Å². The van der Waals surface area contributed by atoms with Crippen molar-refractivity contribution < 1.29 is 14.6 Å². The molecule has 0 bridgehead atoms. The number of carbonyl (C=O) groups is 1. The lowest BCUT2D eigenvalue weighted by Crippen LogP contribution is -2.59.